The molecule has 4 N–H and O–H groups in total. The molecule has 5 nitrogen and oxygen atoms in total. The van der Waals surface area contributed by atoms with Crippen LogP contribution in [0.25, 0.3) is 0 Å². The van der Waals surface area contributed by atoms with E-state index in [4.69, 9.17) is 14.9 Å². The highest BCUT2D eigenvalue weighted by molar-refractivity contribution is 4.62. The molecule has 0 aliphatic rings. The average molecular weight is 249 g/mol. The molecule has 17 heavy (non-hydrogen) atoms. The second-order valence-electron chi connectivity index (χ2n) is 4.28. The van der Waals surface area contributed by atoms with Crippen molar-refractivity contribution in [3.63, 3.8) is 0 Å². The normalized spacial score (nSPS) is 14.8. The summed E-state index contributed by atoms with van der Waals surface area (Å²) in [4.78, 5) is 0. The third-order valence-electron chi connectivity index (χ3n) is 2.42. The van der Waals surface area contributed by atoms with E-state index < -0.39 is 12.2 Å². The number of hydrogen-bond acceptors (Lipinski definition) is 5. The van der Waals surface area contributed by atoms with Crippen molar-refractivity contribution in [2.24, 2.45) is 0 Å². The molecule has 0 amide bonds. The maximum absolute atomic E-state index is 9.51. The highest BCUT2D eigenvalue weighted by Gasteiger charge is 2.05. The Kier molecular flexibility index (Phi) is 12.1. The molecule has 0 rings (SSSR count). The Balaban J connectivity index is 3.20. The molecule has 0 aliphatic carbocycles. The maximum atomic E-state index is 9.51. The lowest BCUT2D eigenvalue weighted by molar-refractivity contribution is 0.0319. The van der Waals surface area contributed by atoms with Crippen LogP contribution in [0, 0.1) is 0 Å². The monoisotopic (exact) mass is 249 g/mol. The van der Waals surface area contributed by atoms with Gasteiger partial charge in [-0.25, -0.2) is 0 Å². The highest BCUT2D eigenvalue weighted by atomic mass is 16.5. The van der Waals surface area contributed by atoms with E-state index in [2.05, 4.69) is 12.2 Å². The van der Waals surface area contributed by atoms with Crippen molar-refractivity contribution in [3.8, 4) is 0 Å². The lowest BCUT2D eigenvalue weighted by atomic mass is 10.2. The van der Waals surface area contributed by atoms with Crippen molar-refractivity contribution in [3.05, 3.63) is 0 Å². The van der Waals surface area contributed by atoms with Crippen molar-refractivity contribution < 1.29 is 20.1 Å². The van der Waals surface area contributed by atoms with Crippen LogP contribution in [0.3, 0.4) is 0 Å². The zero-order valence-electron chi connectivity index (χ0n) is 10.8. The van der Waals surface area contributed by atoms with Crippen LogP contribution < -0.4 is 5.32 Å². The quantitative estimate of drug-likeness (QED) is 0.363. The summed E-state index contributed by atoms with van der Waals surface area (Å²) < 4.78 is 5.32. The van der Waals surface area contributed by atoms with E-state index in [0.29, 0.717) is 19.8 Å². The van der Waals surface area contributed by atoms with E-state index in [1.807, 2.05) is 0 Å². The van der Waals surface area contributed by atoms with Gasteiger partial charge in [-0.15, -0.1) is 0 Å². The van der Waals surface area contributed by atoms with Crippen molar-refractivity contribution in [1.82, 2.24) is 5.32 Å². The molecule has 0 heterocycles. The SMILES string of the molecule is CCCCCCOCC(O)CNCC(O)CO. The zero-order valence-corrected chi connectivity index (χ0v) is 10.8. The molecule has 0 fully saturated rings. The summed E-state index contributed by atoms with van der Waals surface area (Å²) in [6, 6.07) is 0. The van der Waals surface area contributed by atoms with Crippen molar-refractivity contribution >= 4 is 0 Å². The van der Waals surface area contributed by atoms with Gasteiger partial charge in [-0.2, -0.15) is 0 Å². The molecule has 2 atom stereocenters. The Morgan fingerprint density at radius 2 is 1.76 bits per heavy atom. The molecule has 0 saturated carbocycles. The molecule has 2 unspecified atom stereocenters. The first-order chi connectivity index (χ1) is 8.20. The Labute approximate surface area is 104 Å². The van der Waals surface area contributed by atoms with Crippen LogP contribution in [0.2, 0.25) is 0 Å². The van der Waals surface area contributed by atoms with E-state index in [9.17, 15) is 5.11 Å². The highest BCUT2D eigenvalue weighted by Crippen LogP contribution is 1.99. The largest absolute Gasteiger partial charge is 0.394 e. The molecular formula is C12H27NO4. The average Bonchev–Trinajstić information content (AvgIpc) is 2.33. The number of unbranched alkanes of at least 4 members (excludes halogenated alkanes) is 3. The van der Waals surface area contributed by atoms with Crippen molar-refractivity contribution in [2.75, 3.05) is 32.9 Å². The first-order valence-corrected chi connectivity index (χ1v) is 6.46. The summed E-state index contributed by atoms with van der Waals surface area (Å²) in [6.45, 7) is 3.55. The molecule has 5 heteroatoms. The first-order valence-electron chi connectivity index (χ1n) is 6.46. The van der Waals surface area contributed by atoms with Crippen LogP contribution in [0.5, 0.6) is 0 Å². The van der Waals surface area contributed by atoms with Crippen LogP contribution in [0.4, 0.5) is 0 Å². The van der Waals surface area contributed by atoms with Crippen LogP contribution in [-0.2, 0) is 4.74 Å². The molecular weight excluding hydrogens is 222 g/mol. The van der Waals surface area contributed by atoms with Gasteiger partial charge < -0.3 is 25.4 Å². The number of ether oxygens (including phenoxy) is 1. The van der Waals surface area contributed by atoms with Crippen LogP contribution in [0.15, 0.2) is 0 Å². The predicted octanol–water partition coefficient (Wildman–Crippen LogP) is -0.113. The minimum absolute atomic E-state index is 0.267. The summed E-state index contributed by atoms with van der Waals surface area (Å²) in [5, 5.41) is 30.0. The number of rotatable bonds is 12. The minimum Gasteiger partial charge on any atom is -0.394 e. The number of nitrogens with one attached hydrogen (secondary N) is 1. The van der Waals surface area contributed by atoms with Gasteiger partial charge >= 0.3 is 0 Å². The van der Waals surface area contributed by atoms with Gasteiger partial charge in [-0.1, -0.05) is 26.2 Å². The molecule has 0 aromatic rings. The lowest BCUT2D eigenvalue weighted by Crippen LogP contribution is -2.36. The van der Waals surface area contributed by atoms with E-state index >= 15 is 0 Å². The van der Waals surface area contributed by atoms with E-state index in [-0.39, 0.29) is 13.2 Å². The fraction of sp³-hybridized carbons (Fsp3) is 1.00. The van der Waals surface area contributed by atoms with Crippen LogP contribution >= 0.6 is 0 Å². The van der Waals surface area contributed by atoms with Gasteiger partial charge in [0.1, 0.15) is 0 Å². The Bertz CT molecular complexity index is 157. The van der Waals surface area contributed by atoms with Crippen molar-refractivity contribution in [2.45, 2.75) is 44.8 Å². The molecule has 0 saturated heterocycles. The van der Waals surface area contributed by atoms with E-state index in [0.717, 1.165) is 6.42 Å². The summed E-state index contributed by atoms with van der Waals surface area (Å²) in [5.74, 6) is 0. The molecule has 104 valence electrons. The Morgan fingerprint density at radius 3 is 2.41 bits per heavy atom. The number of hydrogen-bond donors (Lipinski definition) is 4. The molecule has 0 aliphatic heterocycles. The van der Waals surface area contributed by atoms with Gasteiger partial charge in [0.05, 0.1) is 25.4 Å². The molecule has 0 radical (unpaired) electrons. The van der Waals surface area contributed by atoms with E-state index in [1.165, 1.54) is 19.3 Å². The predicted molar refractivity (Wildman–Crippen MR) is 66.9 cm³/mol. The van der Waals surface area contributed by atoms with Gasteiger partial charge in [0.2, 0.25) is 0 Å². The first kappa shape index (κ1) is 16.8. The Morgan fingerprint density at radius 1 is 1.06 bits per heavy atom. The standard InChI is InChI=1S/C12H27NO4/c1-2-3-4-5-6-17-10-12(16)8-13-7-11(15)9-14/h11-16H,2-10H2,1H3. The van der Waals surface area contributed by atoms with Gasteiger partial charge in [-0.05, 0) is 6.42 Å². The van der Waals surface area contributed by atoms with Crippen LogP contribution in [0.1, 0.15) is 32.6 Å². The Hall–Kier alpha value is -0.200. The molecule has 0 bridgehead atoms. The second kappa shape index (κ2) is 12.3. The minimum atomic E-state index is -0.767. The third-order valence-corrected chi connectivity index (χ3v) is 2.42. The number of aliphatic hydroxyl groups is 3. The van der Waals surface area contributed by atoms with Gasteiger partial charge in [-0.3, -0.25) is 0 Å². The van der Waals surface area contributed by atoms with Gasteiger partial charge in [0, 0.05) is 19.7 Å². The fourth-order valence-electron chi connectivity index (χ4n) is 1.39. The molecule has 0 aromatic heterocycles. The van der Waals surface area contributed by atoms with Crippen LogP contribution in [-0.4, -0.2) is 60.4 Å². The smallest absolute Gasteiger partial charge is 0.0897 e. The zero-order chi connectivity index (χ0) is 12.9. The van der Waals surface area contributed by atoms with E-state index in [1.54, 1.807) is 0 Å². The van der Waals surface area contributed by atoms with Crippen molar-refractivity contribution in [1.29, 1.82) is 0 Å². The lowest BCUT2D eigenvalue weighted by Gasteiger charge is -2.13. The maximum Gasteiger partial charge on any atom is 0.0897 e. The second-order valence-corrected chi connectivity index (χ2v) is 4.28. The van der Waals surface area contributed by atoms with Gasteiger partial charge in [0.15, 0.2) is 0 Å². The van der Waals surface area contributed by atoms with Gasteiger partial charge in [0.25, 0.3) is 0 Å². The fourth-order valence-corrected chi connectivity index (χ4v) is 1.39. The number of aliphatic hydroxyl groups excluding tert-OH is 3. The summed E-state index contributed by atoms with van der Waals surface area (Å²) in [7, 11) is 0. The summed E-state index contributed by atoms with van der Waals surface area (Å²) in [5.41, 5.74) is 0. The molecule has 0 aromatic carbocycles. The summed E-state index contributed by atoms with van der Waals surface area (Å²) in [6.07, 6.45) is 3.32. The molecule has 0 spiro atoms. The topological polar surface area (TPSA) is 82.0 Å². The summed E-state index contributed by atoms with van der Waals surface area (Å²) >= 11 is 0. The third kappa shape index (κ3) is 12.1.